The summed E-state index contributed by atoms with van der Waals surface area (Å²) in [6.07, 6.45) is 10.9. The van der Waals surface area contributed by atoms with Crippen molar-refractivity contribution < 1.29 is 0 Å². The average Bonchev–Trinajstić information content (AvgIpc) is 2.53. The van der Waals surface area contributed by atoms with E-state index in [9.17, 15) is 0 Å². The summed E-state index contributed by atoms with van der Waals surface area (Å²) in [5.41, 5.74) is 1.99. The number of nitrogens with zero attached hydrogens (tertiary/aromatic N) is 1. The van der Waals surface area contributed by atoms with Gasteiger partial charge in [0, 0.05) is 6.04 Å². The summed E-state index contributed by atoms with van der Waals surface area (Å²) in [4.78, 5) is 0. The number of hydrogen-bond acceptors (Lipinski definition) is 2. The van der Waals surface area contributed by atoms with Gasteiger partial charge in [0.05, 0.1) is 11.6 Å². The van der Waals surface area contributed by atoms with Crippen molar-refractivity contribution in [2.24, 2.45) is 0 Å². The summed E-state index contributed by atoms with van der Waals surface area (Å²) >= 11 is 0. The Morgan fingerprint density at radius 2 is 1.52 bits per heavy atom. The zero-order valence-corrected chi connectivity index (χ0v) is 13.7. The van der Waals surface area contributed by atoms with Gasteiger partial charge >= 0.3 is 0 Å². The molecule has 1 rings (SSSR count). The van der Waals surface area contributed by atoms with E-state index in [4.69, 9.17) is 5.26 Å². The Hall–Kier alpha value is -1.33. The molecule has 0 heterocycles. The van der Waals surface area contributed by atoms with Gasteiger partial charge in [-0.3, -0.25) is 0 Å². The Labute approximate surface area is 130 Å². The van der Waals surface area contributed by atoms with Crippen molar-refractivity contribution in [3.8, 4) is 6.07 Å². The van der Waals surface area contributed by atoms with Crippen LogP contribution in [-0.2, 0) is 0 Å². The second-order valence-electron chi connectivity index (χ2n) is 5.88. The molecule has 1 aromatic rings. The van der Waals surface area contributed by atoms with Crippen LogP contribution in [0.4, 0.5) is 0 Å². The fourth-order valence-corrected chi connectivity index (χ4v) is 2.54. The molecule has 0 radical (unpaired) electrons. The number of rotatable bonds is 11. The molecule has 1 aromatic carbocycles. The highest BCUT2D eigenvalue weighted by atomic mass is 14.9. The van der Waals surface area contributed by atoms with Crippen LogP contribution in [0.2, 0.25) is 0 Å². The smallest absolute Gasteiger partial charge is 0.0991 e. The molecule has 0 aliphatic carbocycles. The van der Waals surface area contributed by atoms with Crippen molar-refractivity contribution in [1.82, 2.24) is 5.32 Å². The minimum absolute atomic E-state index is 0.363. The molecule has 0 amide bonds. The van der Waals surface area contributed by atoms with Gasteiger partial charge in [0.25, 0.3) is 0 Å². The van der Waals surface area contributed by atoms with Crippen molar-refractivity contribution in [2.45, 2.75) is 71.3 Å². The SMILES string of the molecule is CCCCCCCCCCNC(C)c1ccc(C#N)cc1. The maximum atomic E-state index is 8.79. The molecule has 0 saturated heterocycles. The van der Waals surface area contributed by atoms with Gasteiger partial charge in [-0.05, 0) is 37.6 Å². The van der Waals surface area contributed by atoms with E-state index in [2.05, 4.69) is 25.2 Å². The molecular formula is C19H30N2. The highest BCUT2D eigenvalue weighted by Crippen LogP contribution is 2.13. The van der Waals surface area contributed by atoms with Gasteiger partial charge in [-0.1, -0.05) is 64.0 Å². The first kappa shape index (κ1) is 17.7. The maximum Gasteiger partial charge on any atom is 0.0991 e. The topological polar surface area (TPSA) is 35.8 Å². The first-order valence-corrected chi connectivity index (χ1v) is 8.51. The van der Waals surface area contributed by atoms with Crippen molar-refractivity contribution in [1.29, 1.82) is 5.26 Å². The second kappa shape index (κ2) is 11.3. The molecule has 21 heavy (non-hydrogen) atoms. The number of benzene rings is 1. The Balaban J connectivity index is 2.05. The van der Waals surface area contributed by atoms with Crippen LogP contribution in [-0.4, -0.2) is 6.54 Å². The molecule has 1 unspecified atom stereocenters. The third kappa shape index (κ3) is 7.87. The summed E-state index contributed by atoms with van der Waals surface area (Å²) in [7, 11) is 0. The van der Waals surface area contributed by atoms with Crippen LogP contribution in [0.3, 0.4) is 0 Å². The van der Waals surface area contributed by atoms with Crippen molar-refractivity contribution in [3.63, 3.8) is 0 Å². The highest BCUT2D eigenvalue weighted by Gasteiger charge is 2.03. The molecule has 0 aromatic heterocycles. The fourth-order valence-electron chi connectivity index (χ4n) is 2.54. The van der Waals surface area contributed by atoms with Gasteiger partial charge in [-0.15, -0.1) is 0 Å². The Bertz CT molecular complexity index is 403. The minimum atomic E-state index is 0.363. The van der Waals surface area contributed by atoms with E-state index in [1.807, 2.05) is 24.3 Å². The third-order valence-electron chi connectivity index (χ3n) is 4.02. The molecule has 2 nitrogen and oxygen atoms in total. The van der Waals surface area contributed by atoms with E-state index < -0.39 is 0 Å². The van der Waals surface area contributed by atoms with Gasteiger partial charge in [0.1, 0.15) is 0 Å². The van der Waals surface area contributed by atoms with Crippen LogP contribution in [0.25, 0.3) is 0 Å². The summed E-state index contributed by atoms with van der Waals surface area (Å²) < 4.78 is 0. The summed E-state index contributed by atoms with van der Waals surface area (Å²) in [6, 6.07) is 10.4. The van der Waals surface area contributed by atoms with Crippen LogP contribution < -0.4 is 5.32 Å². The Morgan fingerprint density at radius 1 is 0.952 bits per heavy atom. The van der Waals surface area contributed by atoms with Crippen molar-refractivity contribution in [2.75, 3.05) is 6.54 Å². The number of unbranched alkanes of at least 4 members (excludes halogenated alkanes) is 7. The van der Waals surface area contributed by atoms with Gasteiger partial charge in [-0.2, -0.15) is 5.26 Å². The summed E-state index contributed by atoms with van der Waals surface area (Å²) in [5.74, 6) is 0. The molecule has 0 aliphatic heterocycles. The molecule has 0 spiro atoms. The predicted octanol–water partition coefficient (Wildman–Crippen LogP) is 5.35. The van der Waals surface area contributed by atoms with Crippen LogP contribution >= 0.6 is 0 Å². The minimum Gasteiger partial charge on any atom is -0.310 e. The van der Waals surface area contributed by atoms with E-state index in [-0.39, 0.29) is 0 Å². The van der Waals surface area contributed by atoms with Gasteiger partial charge in [0.2, 0.25) is 0 Å². The lowest BCUT2D eigenvalue weighted by Gasteiger charge is -2.14. The zero-order valence-electron chi connectivity index (χ0n) is 13.7. The molecule has 1 atom stereocenters. The van der Waals surface area contributed by atoms with Gasteiger partial charge in [0.15, 0.2) is 0 Å². The largest absolute Gasteiger partial charge is 0.310 e. The molecule has 1 N–H and O–H groups in total. The van der Waals surface area contributed by atoms with Crippen LogP contribution in [0, 0.1) is 11.3 Å². The van der Waals surface area contributed by atoms with Crippen molar-refractivity contribution >= 4 is 0 Å². The second-order valence-corrected chi connectivity index (χ2v) is 5.88. The third-order valence-corrected chi connectivity index (χ3v) is 4.02. The monoisotopic (exact) mass is 286 g/mol. The molecular weight excluding hydrogens is 256 g/mol. The predicted molar refractivity (Wildman–Crippen MR) is 90.2 cm³/mol. The van der Waals surface area contributed by atoms with E-state index in [0.29, 0.717) is 6.04 Å². The molecule has 0 saturated carbocycles. The van der Waals surface area contributed by atoms with Crippen LogP contribution in [0.15, 0.2) is 24.3 Å². The number of nitriles is 1. The summed E-state index contributed by atoms with van der Waals surface area (Å²) in [6.45, 7) is 5.53. The molecule has 2 heteroatoms. The number of hydrogen-bond donors (Lipinski definition) is 1. The van der Waals surface area contributed by atoms with Gasteiger partial charge in [-0.25, -0.2) is 0 Å². The quantitative estimate of drug-likeness (QED) is 0.557. The molecule has 0 fully saturated rings. The Morgan fingerprint density at radius 3 is 2.10 bits per heavy atom. The van der Waals surface area contributed by atoms with E-state index in [1.165, 1.54) is 56.9 Å². The Kier molecular flexibility index (Phi) is 9.57. The first-order chi connectivity index (χ1) is 10.3. The number of nitrogens with one attached hydrogen (secondary N) is 1. The normalized spacial score (nSPS) is 12.0. The van der Waals surface area contributed by atoms with E-state index in [0.717, 1.165) is 12.1 Å². The lowest BCUT2D eigenvalue weighted by Crippen LogP contribution is -2.19. The fraction of sp³-hybridized carbons (Fsp3) is 0.632. The first-order valence-electron chi connectivity index (χ1n) is 8.51. The molecule has 0 aliphatic rings. The zero-order chi connectivity index (χ0) is 15.3. The summed E-state index contributed by atoms with van der Waals surface area (Å²) in [5, 5.41) is 12.4. The maximum absolute atomic E-state index is 8.79. The molecule has 116 valence electrons. The van der Waals surface area contributed by atoms with Crippen molar-refractivity contribution in [3.05, 3.63) is 35.4 Å². The lowest BCUT2D eigenvalue weighted by atomic mass is 10.1. The average molecular weight is 286 g/mol. The molecule has 0 bridgehead atoms. The van der Waals surface area contributed by atoms with E-state index in [1.54, 1.807) is 0 Å². The van der Waals surface area contributed by atoms with E-state index >= 15 is 0 Å². The van der Waals surface area contributed by atoms with Gasteiger partial charge < -0.3 is 5.32 Å². The lowest BCUT2D eigenvalue weighted by molar-refractivity contribution is 0.521. The highest BCUT2D eigenvalue weighted by molar-refractivity contribution is 5.32. The van der Waals surface area contributed by atoms with Crippen LogP contribution in [0.5, 0.6) is 0 Å². The standard InChI is InChI=1S/C19H30N2/c1-3-4-5-6-7-8-9-10-15-21-17(2)19-13-11-18(16-20)12-14-19/h11-14,17,21H,3-10,15H2,1-2H3. The van der Waals surface area contributed by atoms with Crippen LogP contribution in [0.1, 0.15) is 82.4 Å².